The number of rotatable bonds is 8. The molecule has 0 atom stereocenters. The summed E-state index contributed by atoms with van der Waals surface area (Å²) in [5.74, 6) is -1.21. The zero-order valence-corrected chi connectivity index (χ0v) is 18.6. The largest absolute Gasteiger partial charge is 0.454 e. The summed E-state index contributed by atoms with van der Waals surface area (Å²) in [4.78, 5) is 24.7. The van der Waals surface area contributed by atoms with Gasteiger partial charge in [0.2, 0.25) is 20.0 Å². The molecule has 0 radical (unpaired) electrons. The first-order valence-electron chi connectivity index (χ1n) is 9.41. The summed E-state index contributed by atoms with van der Waals surface area (Å²) in [7, 11) is -6.87. The van der Waals surface area contributed by atoms with E-state index in [9.17, 15) is 26.4 Å². The van der Waals surface area contributed by atoms with Gasteiger partial charge in [-0.05, 0) is 55.3 Å². The highest BCUT2D eigenvalue weighted by atomic mass is 32.2. The Hall–Kier alpha value is -2.92. The molecule has 1 heterocycles. The fraction of sp³-hybridized carbons (Fsp3) is 0.300. The molecule has 31 heavy (non-hydrogen) atoms. The second kappa shape index (κ2) is 8.67. The molecule has 1 aliphatic heterocycles. The van der Waals surface area contributed by atoms with E-state index >= 15 is 0 Å². The van der Waals surface area contributed by atoms with Crippen molar-refractivity contribution in [2.24, 2.45) is 0 Å². The minimum absolute atomic E-state index is 0.00994. The third-order valence-electron chi connectivity index (χ3n) is 4.69. The second-order valence-corrected chi connectivity index (χ2v) is 11.0. The summed E-state index contributed by atoms with van der Waals surface area (Å²) in [5, 5.41) is 0. The number of esters is 1. The molecule has 2 aromatic rings. The molecule has 2 aromatic carbocycles. The van der Waals surface area contributed by atoms with Gasteiger partial charge in [0.25, 0.3) is 0 Å². The maximum Gasteiger partial charge on any atom is 0.338 e. The fourth-order valence-electron chi connectivity index (χ4n) is 3.21. The zero-order chi connectivity index (χ0) is 22.8. The first-order valence-corrected chi connectivity index (χ1v) is 12.9. The predicted octanol–water partition coefficient (Wildman–Crippen LogP) is 1.81. The lowest BCUT2D eigenvalue weighted by molar-refractivity contribution is 0.0475. The monoisotopic (exact) mass is 466 g/mol. The molecule has 0 aromatic heterocycles. The summed E-state index contributed by atoms with van der Waals surface area (Å²) >= 11 is 0. The number of carbonyl (C=O) groups is 2. The van der Waals surface area contributed by atoms with Crippen LogP contribution in [0, 0.1) is 0 Å². The molecule has 0 saturated heterocycles. The van der Waals surface area contributed by atoms with E-state index < -0.39 is 38.4 Å². The minimum atomic E-state index is -3.50. The Morgan fingerprint density at radius 2 is 1.81 bits per heavy atom. The van der Waals surface area contributed by atoms with Crippen LogP contribution in [0.15, 0.2) is 42.5 Å². The molecular weight excluding hydrogens is 444 g/mol. The molecule has 0 saturated carbocycles. The molecule has 0 amide bonds. The molecular formula is C20H22N2O7S2. The highest BCUT2D eigenvalue weighted by Crippen LogP contribution is 2.31. The number of nitrogens with one attached hydrogen (secondary N) is 1. The van der Waals surface area contributed by atoms with Gasteiger partial charge in [-0.3, -0.25) is 13.8 Å². The van der Waals surface area contributed by atoms with Gasteiger partial charge in [0.1, 0.15) is 0 Å². The summed E-state index contributed by atoms with van der Waals surface area (Å²) < 4.78 is 55.6. The number of ether oxygens (including phenoxy) is 1. The molecule has 3 rings (SSSR count). The number of anilines is 2. The van der Waals surface area contributed by atoms with Gasteiger partial charge in [-0.15, -0.1) is 0 Å². The van der Waals surface area contributed by atoms with Crippen molar-refractivity contribution < 1.29 is 31.2 Å². The lowest BCUT2D eigenvalue weighted by Gasteiger charge is -2.18. The van der Waals surface area contributed by atoms with E-state index in [1.165, 1.54) is 34.6 Å². The number of nitrogens with zero attached hydrogens (tertiary/aromatic N) is 1. The van der Waals surface area contributed by atoms with Crippen LogP contribution in [-0.4, -0.2) is 53.7 Å². The van der Waals surface area contributed by atoms with Crippen LogP contribution in [0.25, 0.3) is 0 Å². The van der Waals surface area contributed by atoms with E-state index in [0.717, 1.165) is 11.8 Å². The van der Waals surface area contributed by atoms with E-state index in [0.29, 0.717) is 24.2 Å². The molecule has 9 nitrogen and oxygen atoms in total. The number of ketones is 1. The first kappa shape index (κ1) is 22.8. The Bertz CT molecular complexity index is 1240. The number of hydrogen-bond donors (Lipinski definition) is 1. The summed E-state index contributed by atoms with van der Waals surface area (Å²) in [5.41, 5.74) is 1.92. The Labute approximate surface area is 181 Å². The summed E-state index contributed by atoms with van der Waals surface area (Å²) in [6.45, 7) is 1.40. The third kappa shape index (κ3) is 5.42. The minimum Gasteiger partial charge on any atom is -0.454 e. The van der Waals surface area contributed by atoms with Gasteiger partial charge in [0.05, 0.1) is 23.3 Å². The Morgan fingerprint density at radius 3 is 2.48 bits per heavy atom. The van der Waals surface area contributed by atoms with Crippen molar-refractivity contribution in [3.63, 3.8) is 0 Å². The third-order valence-corrected chi connectivity index (χ3v) is 7.08. The molecule has 1 N–H and O–H groups in total. The van der Waals surface area contributed by atoms with Crippen molar-refractivity contribution in [2.75, 3.05) is 34.2 Å². The second-order valence-electron chi connectivity index (χ2n) is 7.02. The van der Waals surface area contributed by atoms with E-state index in [4.69, 9.17) is 4.74 Å². The average Bonchev–Trinajstić information content (AvgIpc) is 3.14. The number of carbonyl (C=O) groups excluding carboxylic acids is 2. The van der Waals surface area contributed by atoms with Crippen LogP contribution in [-0.2, 0) is 31.2 Å². The highest BCUT2D eigenvalue weighted by Gasteiger charge is 2.28. The SMILES string of the molecule is CCS(=O)(=O)N1CCc2cc(C(=O)COC(=O)c3cccc(NS(C)(=O)=O)c3)ccc21. The van der Waals surface area contributed by atoms with Crippen molar-refractivity contribution in [3.8, 4) is 0 Å². The van der Waals surface area contributed by atoms with Crippen LogP contribution in [0.1, 0.15) is 33.2 Å². The van der Waals surface area contributed by atoms with Crippen molar-refractivity contribution in [3.05, 3.63) is 59.2 Å². The topological polar surface area (TPSA) is 127 Å². The number of fused-ring (bicyclic) bond motifs is 1. The number of sulfonamides is 2. The molecule has 11 heteroatoms. The maximum absolute atomic E-state index is 12.5. The summed E-state index contributed by atoms with van der Waals surface area (Å²) in [6, 6.07) is 10.4. The lowest BCUT2D eigenvalue weighted by Crippen LogP contribution is -2.30. The smallest absolute Gasteiger partial charge is 0.338 e. The van der Waals surface area contributed by atoms with E-state index in [1.807, 2.05) is 0 Å². The molecule has 0 unspecified atom stereocenters. The molecule has 0 spiro atoms. The molecule has 1 aliphatic rings. The summed E-state index contributed by atoms with van der Waals surface area (Å²) in [6.07, 6.45) is 1.49. The average molecular weight is 467 g/mol. The standard InChI is InChI=1S/C20H22N2O7S2/c1-3-31(27,28)22-10-9-14-11-15(7-8-18(14)22)19(23)13-29-20(24)16-5-4-6-17(12-16)21-30(2,25)26/h4-8,11-12,21H,3,9-10,13H2,1-2H3. The van der Waals surface area contributed by atoms with Gasteiger partial charge in [-0.2, -0.15) is 0 Å². The number of hydrogen-bond acceptors (Lipinski definition) is 7. The normalized spacial score (nSPS) is 13.5. The van der Waals surface area contributed by atoms with Crippen LogP contribution in [0.3, 0.4) is 0 Å². The number of Topliss-reactive ketones (excluding diaryl/α,β-unsaturated/α-hetero) is 1. The Kier molecular flexibility index (Phi) is 6.37. The van der Waals surface area contributed by atoms with Crippen LogP contribution >= 0.6 is 0 Å². The van der Waals surface area contributed by atoms with Crippen molar-refractivity contribution in [1.82, 2.24) is 0 Å². The van der Waals surface area contributed by atoms with Gasteiger partial charge in [0, 0.05) is 17.8 Å². The quantitative estimate of drug-likeness (QED) is 0.464. The van der Waals surface area contributed by atoms with Crippen LogP contribution < -0.4 is 9.03 Å². The van der Waals surface area contributed by atoms with Crippen LogP contribution in [0.4, 0.5) is 11.4 Å². The van der Waals surface area contributed by atoms with Crippen molar-refractivity contribution in [2.45, 2.75) is 13.3 Å². The molecule has 0 aliphatic carbocycles. The van der Waals surface area contributed by atoms with Gasteiger partial charge in [-0.1, -0.05) is 6.07 Å². The Balaban J connectivity index is 1.67. The van der Waals surface area contributed by atoms with E-state index in [1.54, 1.807) is 19.1 Å². The fourth-order valence-corrected chi connectivity index (χ4v) is 4.93. The van der Waals surface area contributed by atoms with Gasteiger partial charge >= 0.3 is 5.97 Å². The molecule has 166 valence electrons. The van der Waals surface area contributed by atoms with Gasteiger partial charge in [0.15, 0.2) is 12.4 Å². The predicted molar refractivity (Wildman–Crippen MR) is 116 cm³/mol. The van der Waals surface area contributed by atoms with E-state index in [2.05, 4.69) is 4.72 Å². The van der Waals surface area contributed by atoms with Gasteiger partial charge < -0.3 is 4.74 Å². The highest BCUT2D eigenvalue weighted by molar-refractivity contribution is 7.92. The van der Waals surface area contributed by atoms with Crippen molar-refractivity contribution >= 4 is 43.2 Å². The number of benzene rings is 2. The van der Waals surface area contributed by atoms with Crippen LogP contribution in [0.2, 0.25) is 0 Å². The zero-order valence-electron chi connectivity index (χ0n) is 17.0. The Morgan fingerprint density at radius 1 is 1.06 bits per heavy atom. The van der Waals surface area contributed by atoms with Gasteiger partial charge in [-0.25, -0.2) is 21.6 Å². The van der Waals surface area contributed by atoms with Crippen molar-refractivity contribution in [1.29, 1.82) is 0 Å². The molecule has 0 fully saturated rings. The molecule has 0 bridgehead atoms. The van der Waals surface area contributed by atoms with Crippen LogP contribution in [0.5, 0.6) is 0 Å². The maximum atomic E-state index is 12.5. The lowest BCUT2D eigenvalue weighted by atomic mass is 10.1. The first-order chi connectivity index (χ1) is 14.5. The van der Waals surface area contributed by atoms with E-state index in [-0.39, 0.29) is 17.0 Å².